The van der Waals surface area contributed by atoms with E-state index < -0.39 is 6.10 Å². The molecule has 0 rings (SSSR count). The highest BCUT2D eigenvalue weighted by molar-refractivity contribution is 5.71. The van der Waals surface area contributed by atoms with E-state index in [1.807, 2.05) is 0 Å². The van der Waals surface area contributed by atoms with Crippen molar-refractivity contribution in [3.8, 4) is 0 Å². The van der Waals surface area contributed by atoms with Crippen LogP contribution in [-0.2, 0) is 28.6 Å². The molecule has 0 radical (unpaired) electrons. The first-order valence-electron chi connectivity index (χ1n) is 26.9. The fraction of sp³-hybridized carbons (Fsp3) is 0.741. The monoisotopic (exact) mass is 893 g/mol. The topological polar surface area (TPSA) is 78.9 Å². The molecule has 0 fully saturated rings. The fourth-order valence-electron chi connectivity index (χ4n) is 7.40. The molecule has 0 aliphatic heterocycles. The van der Waals surface area contributed by atoms with Gasteiger partial charge in [0.1, 0.15) is 13.2 Å². The van der Waals surface area contributed by atoms with Crippen LogP contribution in [0.15, 0.2) is 72.9 Å². The fourth-order valence-corrected chi connectivity index (χ4v) is 7.40. The summed E-state index contributed by atoms with van der Waals surface area (Å²) in [6.07, 6.45) is 66.0. The van der Waals surface area contributed by atoms with E-state index in [1.165, 1.54) is 109 Å². The second-order valence-electron chi connectivity index (χ2n) is 17.8. The van der Waals surface area contributed by atoms with Crippen molar-refractivity contribution >= 4 is 17.9 Å². The summed E-state index contributed by atoms with van der Waals surface area (Å²) in [5.41, 5.74) is 0. The summed E-state index contributed by atoms with van der Waals surface area (Å²) >= 11 is 0. The summed E-state index contributed by atoms with van der Waals surface area (Å²) in [5.74, 6) is -0.925. The molecule has 6 heteroatoms. The van der Waals surface area contributed by atoms with E-state index >= 15 is 0 Å². The Morgan fingerprint density at radius 2 is 0.609 bits per heavy atom. The zero-order valence-electron chi connectivity index (χ0n) is 42.0. The number of hydrogen-bond acceptors (Lipinski definition) is 6. The Labute approximate surface area is 395 Å². The molecule has 0 saturated carbocycles. The number of rotatable bonds is 48. The van der Waals surface area contributed by atoms with Gasteiger partial charge >= 0.3 is 17.9 Å². The number of hydrogen-bond donors (Lipinski definition) is 0. The van der Waals surface area contributed by atoms with Crippen molar-refractivity contribution in [1.29, 1.82) is 0 Å². The number of unbranched alkanes of at least 4 members (excludes halogenated alkanes) is 25. The molecule has 0 aromatic heterocycles. The van der Waals surface area contributed by atoms with Crippen molar-refractivity contribution in [3.05, 3.63) is 72.9 Å². The van der Waals surface area contributed by atoms with E-state index in [0.717, 1.165) is 109 Å². The lowest BCUT2D eigenvalue weighted by atomic mass is 10.0. The molecule has 0 unspecified atom stereocenters. The maximum Gasteiger partial charge on any atom is 0.306 e. The molecule has 0 aromatic rings. The van der Waals surface area contributed by atoms with Crippen LogP contribution in [-0.4, -0.2) is 37.2 Å². The Bertz CT molecular complexity index is 1210. The first-order chi connectivity index (χ1) is 31.5. The van der Waals surface area contributed by atoms with Gasteiger partial charge in [-0.25, -0.2) is 0 Å². The summed E-state index contributed by atoms with van der Waals surface area (Å²) in [6, 6.07) is 0. The van der Waals surface area contributed by atoms with Crippen LogP contribution in [0.4, 0.5) is 0 Å². The maximum absolute atomic E-state index is 12.8. The molecular formula is C58H100O6. The van der Waals surface area contributed by atoms with E-state index in [9.17, 15) is 14.4 Å². The minimum Gasteiger partial charge on any atom is -0.462 e. The van der Waals surface area contributed by atoms with Crippen molar-refractivity contribution < 1.29 is 28.6 Å². The Kier molecular flexibility index (Phi) is 49.9. The summed E-state index contributed by atoms with van der Waals surface area (Å²) in [7, 11) is 0. The molecule has 0 N–H and O–H groups in total. The van der Waals surface area contributed by atoms with Gasteiger partial charge in [0.15, 0.2) is 6.10 Å². The third kappa shape index (κ3) is 49.9. The molecule has 0 aromatic carbocycles. The highest BCUT2D eigenvalue weighted by atomic mass is 16.6. The van der Waals surface area contributed by atoms with Gasteiger partial charge in [-0.2, -0.15) is 0 Å². The largest absolute Gasteiger partial charge is 0.462 e. The predicted molar refractivity (Wildman–Crippen MR) is 274 cm³/mol. The minimum atomic E-state index is -0.791. The predicted octanol–water partition coefficient (Wildman–Crippen LogP) is 17.8. The summed E-state index contributed by atoms with van der Waals surface area (Å²) in [5, 5.41) is 0. The smallest absolute Gasteiger partial charge is 0.306 e. The van der Waals surface area contributed by atoms with Crippen LogP contribution in [0, 0.1) is 0 Å². The summed E-state index contributed by atoms with van der Waals surface area (Å²) in [4.78, 5) is 38.0. The molecular weight excluding hydrogens is 793 g/mol. The third-order valence-corrected chi connectivity index (χ3v) is 11.4. The van der Waals surface area contributed by atoms with Crippen LogP contribution < -0.4 is 0 Å². The lowest BCUT2D eigenvalue weighted by Crippen LogP contribution is -2.30. The van der Waals surface area contributed by atoms with Gasteiger partial charge in [0, 0.05) is 19.3 Å². The Hall–Kier alpha value is -3.15. The van der Waals surface area contributed by atoms with Gasteiger partial charge in [0.2, 0.25) is 0 Å². The number of carbonyl (C=O) groups is 3. The van der Waals surface area contributed by atoms with Crippen molar-refractivity contribution in [1.82, 2.24) is 0 Å². The molecule has 1 atom stereocenters. The van der Waals surface area contributed by atoms with Gasteiger partial charge in [-0.1, -0.05) is 222 Å². The Balaban J connectivity index is 4.43. The van der Waals surface area contributed by atoms with Crippen molar-refractivity contribution in [2.75, 3.05) is 13.2 Å². The highest BCUT2D eigenvalue weighted by Gasteiger charge is 2.19. The molecule has 6 nitrogen and oxygen atoms in total. The molecule has 368 valence electrons. The molecule has 0 spiro atoms. The highest BCUT2D eigenvalue weighted by Crippen LogP contribution is 2.15. The molecule has 0 heterocycles. The van der Waals surface area contributed by atoms with Crippen molar-refractivity contribution in [3.63, 3.8) is 0 Å². The number of esters is 3. The van der Waals surface area contributed by atoms with Gasteiger partial charge in [-0.15, -0.1) is 0 Å². The van der Waals surface area contributed by atoms with Gasteiger partial charge in [-0.3, -0.25) is 14.4 Å². The van der Waals surface area contributed by atoms with E-state index in [0.29, 0.717) is 19.3 Å². The average molecular weight is 893 g/mol. The quantitative estimate of drug-likeness (QED) is 0.0262. The molecule has 64 heavy (non-hydrogen) atoms. The van der Waals surface area contributed by atoms with Crippen LogP contribution in [0.3, 0.4) is 0 Å². The number of carbonyl (C=O) groups excluding carboxylic acids is 3. The Morgan fingerprint density at radius 3 is 0.984 bits per heavy atom. The molecule has 0 aliphatic carbocycles. The zero-order chi connectivity index (χ0) is 46.5. The molecule has 0 saturated heterocycles. The Morgan fingerprint density at radius 1 is 0.328 bits per heavy atom. The van der Waals surface area contributed by atoms with Crippen LogP contribution in [0.1, 0.15) is 258 Å². The van der Waals surface area contributed by atoms with Crippen LogP contribution in [0.2, 0.25) is 0 Å². The second kappa shape index (κ2) is 52.5. The van der Waals surface area contributed by atoms with Gasteiger partial charge in [0.05, 0.1) is 0 Å². The lowest BCUT2D eigenvalue weighted by Gasteiger charge is -2.18. The summed E-state index contributed by atoms with van der Waals surface area (Å²) in [6.45, 7) is 6.49. The third-order valence-electron chi connectivity index (χ3n) is 11.4. The van der Waals surface area contributed by atoms with Gasteiger partial charge < -0.3 is 14.2 Å². The molecule has 0 aliphatic rings. The first kappa shape index (κ1) is 60.9. The van der Waals surface area contributed by atoms with Crippen LogP contribution >= 0.6 is 0 Å². The van der Waals surface area contributed by atoms with E-state index in [1.54, 1.807) is 0 Å². The van der Waals surface area contributed by atoms with E-state index in [-0.39, 0.29) is 31.1 Å². The standard InChI is InChI=1S/C58H100O6/c1-4-7-10-13-16-19-22-25-27-28-29-30-31-34-36-39-42-45-48-51-57(60)63-54-55(53-62-56(59)50-47-44-41-38-35-32-24-21-18-15-12-9-6-3)64-58(61)52-49-46-43-40-37-33-26-23-20-17-14-11-8-5-2/h7,10,16,19,23,25-27,29-30,34,36,55H,4-6,8-9,11-15,17-18,20-22,24,28,31-33,35,37-54H2,1-3H3/b10-7+,19-16+,26-23+,27-25+,30-29+,36-34+/t55-/m1/s1. The van der Waals surface area contributed by atoms with Crippen molar-refractivity contribution in [2.24, 2.45) is 0 Å². The number of ether oxygens (including phenoxy) is 3. The van der Waals surface area contributed by atoms with Crippen LogP contribution in [0.25, 0.3) is 0 Å². The zero-order valence-corrected chi connectivity index (χ0v) is 42.0. The maximum atomic E-state index is 12.8. The normalized spacial score (nSPS) is 12.6. The van der Waals surface area contributed by atoms with Crippen LogP contribution in [0.5, 0.6) is 0 Å². The first-order valence-corrected chi connectivity index (χ1v) is 26.9. The van der Waals surface area contributed by atoms with Gasteiger partial charge in [0.25, 0.3) is 0 Å². The lowest BCUT2D eigenvalue weighted by molar-refractivity contribution is -0.167. The van der Waals surface area contributed by atoms with Gasteiger partial charge in [-0.05, 0) is 89.9 Å². The second-order valence-corrected chi connectivity index (χ2v) is 17.8. The van der Waals surface area contributed by atoms with Crippen molar-refractivity contribution in [2.45, 2.75) is 264 Å². The summed E-state index contributed by atoms with van der Waals surface area (Å²) < 4.78 is 16.8. The molecule has 0 bridgehead atoms. The minimum absolute atomic E-state index is 0.0875. The number of allylic oxidation sites excluding steroid dienone is 12. The average Bonchev–Trinajstić information content (AvgIpc) is 3.29. The molecule has 0 amide bonds. The van der Waals surface area contributed by atoms with E-state index in [2.05, 4.69) is 93.7 Å². The SMILES string of the molecule is CC/C=C/C/C=C/C/C=C/C/C=C/C/C=C/CCCCCC(=O)OC[C@@H](COC(=O)CCCCCCCCCCCCCCC)OC(=O)CCCCCCC/C=C/CCCCCCC. The van der Waals surface area contributed by atoms with E-state index in [4.69, 9.17) is 14.2 Å².